The van der Waals surface area contributed by atoms with E-state index in [0.717, 1.165) is 43.0 Å². The van der Waals surface area contributed by atoms with Crippen molar-refractivity contribution >= 4 is 11.8 Å². The summed E-state index contributed by atoms with van der Waals surface area (Å²) in [6, 6.07) is 13.6. The van der Waals surface area contributed by atoms with Crippen LogP contribution in [0.25, 0.3) is 0 Å². The highest BCUT2D eigenvalue weighted by Crippen LogP contribution is 2.44. The maximum absolute atomic E-state index is 13.0. The summed E-state index contributed by atoms with van der Waals surface area (Å²) in [6.45, 7) is 4.84. The van der Waals surface area contributed by atoms with Crippen molar-refractivity contribution in [3.63, 3.8) is 0 Å². The molecule has 6 heteroatoms. The number of hydrogen-bond donors (Lipinski definition) is 3. The molecule has 2 aromatic carbocycles. The number of carbonyl (C=O) groups excluding carboxylic acids is 2. The molecular formula is C26H33N3O3. The molecule has 2 aliphatic rings. The second-order valence-corrected chi connectivity index (χ2v) is 8.82. The first-order chi connectivity index (χ1) is 15.6. The number of rotatable bonds is 7. The quantitative estimate of drug-likeness (QED) is 0.582. The second kappa shape index (κ2) is 10.2. The van der Waals surface area contributed by atoms with Gasteiger partial charge in [0, 0.05) is 30.6 Å². The Kier molecular flexibility index (Phi) is 7.10. The lowest BCUT2D eigenvalue weighted by molar-refractivity contribution is 0.0952. The predicted molar refractivity (Wildman–Crippen MR) is 125 cm³/mol. The first-order valence-electron chi connectivity index (χ1n) is 11.7. The van der Waals surface area contributed by atoms with E-state index < -0.39 is 0 Å². The van der Waals surface area contributed by atoms with E-state index in [1.165, 1.54) is 12.8 Å². The third-order valence-corrected chi connectivity index (χ3v) is 6.65. The van der Waals surface area contributed by atoms with Crippen LogP contribution in [0.15, 0.2) is 42.5 Å². The topological polar surface area (TPSA) is 79.5 Å². The van der Waals surface area contributed by atoms with Crippen LogP contribution in [0.1, 0.15) is 70.4 Å². The molecule has 3 N–H and O–H groups in total. The Labute approximate surface area is 190 Å². The van der Waals surface area contributed by atoms with Gasteiger partial charge in [-0.15, -0.1) is 0 Å². The summed E-state index contributed by atoms with van der Waals surface area (Å²) in [4.78, 5) is 25.6. The summed E-state index contributed by atoms with van der Waals surface area (Å²) in [5.74, 6) is 0.908. The van der Waals surface area contributed by atoms with Gasteiger partial charge in [0.05, 0.1) is 5.56 Å². The van der Waals surface area contributed by atoms with E-state index in [9.17, 15) is 9.59 Å². The van der Waals surface area contributed by atoms with Gasteiger partial charge in [-0.3, -0.25) is 9.59 Å². The fraction of sp³-hybridized carbons (Fsp3) is 0.462. The van der Waals surface area contributed by atoms with Crippen LogP contribution in [-0.2, 0) is 0 Å². The summed E-state index contributed by atoms with van der Waals surface area (Å²) >= 11 is 0. The van der Waals surface area contributed by atoms with E-state index in [1.807, 2.05) is 31.2 Å². The van der Waals surface area contributed by atoms with E-state index >= 15 is 0 Å². The molecule has 0 saturated carbocycles. The van der Waals surface area contributed by atoms with Crippen molar-refractivity contribution in [2.45, 2.75) is 44.6 Å². The zero-order chi connectivity index (χ0) is 22.5. The zero-order valence-corrected chi connectivity index (χ0v) is 18.9. The molecule has 0 aliphatic carbocycles. The minimum absolute atomic E-state index is 0.0257. The largest absolute Gasteiger partial charge is 0.489 e. The van der Waals surface area contributed by atoms with E-state index in [1.54, 1.807) is 13.1 Å². The first kappa shape index (κ1) is 22.3. The van der Waals surface area contributed by atoms with Crippen molar-refractivity contribution in [1.29, 1.82) is 0 Å². The van der Waals surface area contributed by atoms with Crippen LogP contribution in [-0.4, -0.2) is 44.6 Å². The van der Waals surface area contributed by atoms with Gasteiger partial charge in [-0.2, -0.15) is 0 Å². The van der Waals surface area contributed by atoms with Gasteiger partial charge in [-0.05, 0) is 69.3 Å². The number of carbonyl (C=O) groups is 2. The molecule has 1 fully saturated rings. The van der Waals surface area contributed by atoms with Crippen molar-refractivity contribution in [2.24, 2.45) is 5.92 Å². The lowest BCUT2D eigenvalue weighted by Crippen LogP contribution is -2.29. The Balaban J connectivity index is 1.53. The molecule has 170 valence electrons. The third kappa shape index (κ3) is 4.80. The summed E-state index contributed by atoms with van der Waals surface area (Å²) in [7, 11) is 1.59. The van der Waals surface area contributed by atoms with Crippen LogP contribution >= 0.6 is 0 Å². The van der Waals surface area contributed by atoms with Crippen LogP contribution in [0.3, 0.4) is 0 Å². The van der Waals surface area contributed by atoms with Crippen molar-refractivity contribution < 1.29 is 14.3 Å². The Morgan fingerprint density at radius 3 is 2.56 bits per heavy atom. The van der Waals surface area contributed by atoms with E-state index in [0.29, 0.717) is 23.4 Å². The van der Waals surface area contributed by atoms with Gasteiger partial charge in [-0.1, -0.05) is 30.3 Å². The zero-order valence-electron chi connectivity index (χ0n) is 18.9. The SMILES string of the molecule is CNC(=O)c1cc(C(=O)NCCCC2CCNCC2)cc2c1O[C@@H](C)[C@@H]2c1ccccc1. The van der Waals surface area contributed by atoms with Gasteiger partial charge < -0.3 is 20.7 Å². The standard InChI is InChI=1S/C26H33N3O3/c1-17-23(19-8-4-3-5-9-19)21-15-20(16-22(24(21)32-17)26(31)27-2)25(30)29-12-6-7-18-10-13-28-14-11-18/h3-5,8-9,15-18,23,28H,6-7,10-14H2,1-2H3,(H,27,31)(H,29,30)/t17-,23+/m0/s1. The van der Waals surface area contributed by atoms with Gasteiger partial charge >= 0.3 is 0 Å². The molecule has 0 bridgehead atoms. The highest BCUT2D eigenvalue weighted by atomic mass is 16.5. The van der Waals surface area contributed by atoms with Crippen LogP contribution in [0.2, 0.25) is 0 Å². The molecule has 32 heavy (non-hydrogen) atoms. The first-order valence-corrected chi connectivity index (χ1v) is 11.7. The molecule has 0 radical (unpaired) electrons. The molecule has 6 nitrogen and oxygen atoms in total. The summed E-state index contributed by atoms with van der Waals surface area (Å²) < 4.78 is 6.13. The molecule has 0 unspecified atom stereocenters. The number of piperidine rings is 1. The number of amides is 2. The second-order valence-electron chi connectivity index (χ2n) is 8.82. The van der Waals surface area contributed by atoms with Crippen LogP contribution in [0, 0.1) is 5.92 Å². The number of hydrogen-bond acceptors (Lipinski definition) is 4. The lowest BCUT2D eigenvalue weighted by Gasteiger charge is -2.22. The van der Waals surface area contributed by atoms with Crippen LogP contribution < -0.4 is 20.7 Å². The van der Waals surface area contributed by atoms with Gasteiger partial charge in [0.25, 0.3) is 11.8 Å². The van der Waals surface area contributed by atoms with E-state index in [-0.39, 0.29) is 23.8 Å². The Morgan fingerprint density at radius 1 is 1.09 bits per heavy atom. The van der Waals surface area contributed by atoms with Crippen molar-refractivity contribution in [1.82, 2.24) is 16.0 Å². The lowest BCUT2D eigenvalue weighted by atomic mass is 9.87. The number of fused-ring (bicyclic) bond motifs is 1. The molecule has 2 aliphatic heterocycles. The summed E-state index contributed by atoms with van der Waals surface area (Å²) in [6.07, 6.45) is 4.41. The minimum atomic E-state index is -0.247. The van der Waals surface area contributed by atoms with Crippen LogP contribution in [0.5, 0.6) is 5.75 Å². The van der Waals surface area contributed by atoms with Gasteiger partial charge in [0.2, 0.25) is 0 Å². The van der Waals surface area contributed by atoms with E-state index in [4.69, 9.17) is 4.74 Å². The average Bonchev–Trinajstić information content (AvgIpc) is 3.17. The molecule has 1 saturated heterocycles. The van der Waals surface area contributed by atoms with Crippen molar-refractivity contribution in [2.75, 3.05) is 26.7 Å². The summed E-state index contributed by atoms with van der Waals surface area (Å²) in [5.41, 5.74) is 2.92. The number of ether oxygens (including phenoxy) is 1. The highest BCUT2D eigenvalue weighted by molar-refractivity contribution is 6.02. The maximum atomic E-state index is 13.0. The monoisotopic (exact) mass is 435 g/mol. The summed E-state index contributed by atoms with van der Waals surface area (Å²) in [5, 5.41) is 9.12. The fourth-order valence-corrected chi connectivity index (χ4v) is 4.93. The fourth-order valence-electron chi connectivity index (χ4n) is 4.93. The Hall–Kier alpha value is -2.86. The molecule has 2 heterocycles. The number of benzene rings is 2. The molecule has 2 aromatic rings. The van der Waals surface area contributed by atoms with Gasteiger partial charge in [-0.25, -0.2) is 0 Å². The Bertz CT molecular complexity index is 954. The Morgan fingerprint density at radius 2 is 1.84 bits per heavy atom. The van der Waals surface area contributed by atoms with Gasteiger partial charge in [0.1, 0.15) is 11.9 Å². The molecule has 2 amide bonds. The normalized spacial score (nSPS) is 20.3. The van der Waals surface area contributed by atoms with Crippen LogP contribution in [0.4, 0.5) is 0 Å². The maximum Gasteiger partial charge on any atom is 0.254 e. The number of nitrogens with one attached hydrogen (secondary N) is 3. The van der Waals surface area contributed by atoms with Crippen molar-refractivity contribution in [3.8, 4) is 5.75 Å². The third-order valence-electron chi connectivity index (χ3n) is 6.65. The van der Waals surface area contributed by atoms with Gasteiger partial charge in [0.15, 0.2) is 0 Å². The smallest absolute Gasteiger partial charge is 0.254 e. The van der Waals surface area contributed by atoms with E-state index in [2.05, 4.69) is 28.1 Å². The van der Waals surface area contributed by atoms with Crippen molar-refractivity contribution in [3.05, 3.63) is 64.7 Å². The molecular weight excluding hydrogens is 402 g/mol. The average molecular weight is 436 g/mol. The molecule has 0 spiro atoms. The molecule has 2 atom stereocenters. The minimum Gasteiger partial charge on any atom is -0.489 e. The predicted octanol–water partition coefficient (Wildman–Crippen LogP) is 3.47. The molecule has 4 rings (SSSR count). The highest BCUT2D eigenvalue weighted by Gasteiger charge is 2.36. The molecule has 0 aromatic heterocycles.